The van der Waals surface area contributed by atoms with E-state index < -0.39 is 5.79 Å². The second kappa shape index (κ2) is 3.08. The minimum Gasteiger partial charge on any atom is -0.361 e. The Balaban J connectivity index is 2.10. The predicted octanol–water partition coefficient (Wildman–Crippen LogP) is 2.39. The molecule has 3 nitrogen and oxygen atoms in total. The fourth-order valence-electron chi connectivity index (χ4n) is 2.02. The SMILES string of the molecule is CC1(c2ccc3[nH]ccc3c2)OCCO1. The Kier molecular flexibility index (Phi) is 1.84. The minimum absolute atomic E-state index is 0.564. The first-order valence-corrected chi connectivity index (χ1v) is 5.13. The van der Waals surface area contributed by atoms with E-state index in [1.165, 1.54) is 5.39 Å². The molecule has 1 aliphatic heterocycles. The number of hydrogen-bond donors (Lipinski definition) is 1. The Hall–Kier alpha value is -1.32. The third-order valence-corrected chi connectivity index (χ3v) is 2.92. The van der Waals surface area contributed by atoms with E-state index in [4.69, 9.17) is 9.47 Å². The van der Waals surface area contributed by atoms with Crippen LogP contribution < -0.4 is 0 Å². The number of fused-ring (bicyclic) bond motifs is 1. The lowest BCUT2D eigenvalue weighted by molar-refractivity contribution is -0.149. The minimum atomic E-state index is -0.564. The quantitative estimate of drug-likeness (QED) is 0.772. The van der Waals surface area contributed by atoms with Crippen molar-refractivity contribution in [3.8, 4) is 0 Å². The maximum atomic E-state index is 5.62. The number of H-pyrrole nitrogens is 1. The molecule has 0 bridgehead atoms. The third kappa shape index (κ3) is 1.35. The van der Waals surface area contributed by atoms with Crippen LogP contribution >= 0.6 is 0 Å². The summed E-state index contributed by atoms with van der Waals surface area (Å²) < 4.78 is 11.2. The number of aromatic nitrogens is 1. The summed E-state index contributed by atoms with van der Waals surface area (Å²) >= 11 is 0. The second-order valence-corrected chi connectivity index (χ2v) is 3.92. The molecule has 0 amide bonds. The average molecular weight is 203 g/mol. The first kappa shape index (κ1) is 8.95. The van der Waals surface area contributed by atoms with Gasteiger partial charge in [0.25, 0.3) is 0 Å². The van der Waals surface area contributed by atoms with Crippen molar-refractivity contribution < 1.29 is 9.47 Å². The number of aromatic amines is 1. The zero-order valence-corrected chi connectivity index (χ0v) is 8.62. The molecule has 78 valence electrons. The molecule has 1 N–H and O–H groups in total. The zero-order chi connectivity index (χ0) is 10.3. The standard InChI is InChI=1S/C12H13NO2/c1-12(14-6-7-15-12)10-2-3-11-9(8-10)4-5-13-11/h2-5,8,13H,6-7H2,1H3. The fourth-order valence-corrected chi connectivity index (χ4v) is 2.02. The smallest absolute Gasteiger partial charge is 0.192 e. The van der Waals surface area contributed by atoms with E-state index in [0.717, 1.165) is 11.1 Å². The van der Waals surface area contributed by atoms with Crippen LogP contribution in [0.2, 0.25) is 0 Å². The molecule has 0 aliphatic carbocycles. The molecule has 3 heteroatoms. The van der Waals surface area contributed by atoms with E-state index in [1.54, 1.807) is 0 Å². The highest BCUT2D eigenvalue weighted by molar-refractivity contribution is 5.80. The number of rotatable bonds is 1. The molecular formula is C12H13NO2. The number of ether oxygens (including phenoxy) is 2. The van der Waals surface area contributed by atoms with Crippen molar-refractivity contribution in [1.29, 1.82) is 0 Å². The lowest BCUT2D eigenvalue weighted by Gasteiger charge is -2.22. The molecule has 0 spiro atoms. The van der Waals surface area contributed by atoms with Gasteiger partial charge in [-0.15, -0.1) is 0 Å². The van der Waals surface area contributed by atoms with Gasteiger partial charge in [-0.3, -0.25) is 0 Å². The van der Waals surface area contributed by atoms with E-state index >= 15 is 0 Å². The number of hydrogen-bond acceptors (Lipinski definition) is 2. The average Bonchev–Trinajstić information content (AvgIpc) is 2.85. The van der Waals surface area contributed by atoms with E-state index in [2.05, 4.69) is 23.2 Å². The van der Waals surface area contributed by atoms with Gasteiger partial charge in [0.2, 0.25) is 0 Å². The van der Waals surface area contributed by atoms with Crippen molar-refractivity contribution >= 4 is 10.9 Å². The summed E-state index contributed by atoms with van der Waals surface area (Å²) in [6, 6.07) is 8.26. The zero-order valence-electron chi connectivity index (χ0n) is 8.62. The first-order valence-electron chi connectivity index (χ1n) is 5.13. The van der Waals surface area contributed by atoms with E-state index in [1.807, 2.05) is 19.2 Å². The molecule has 1 aromatic carbocycles. The van der Waals surface area contributed by atoms with Crippen molar-refractivity contribution in [3.05, 3.63) is 36.0 Å². The molecule has 15 heavy (non-hydrogen) atoms. The number of nitrogens with one attached hydrogen (secondary N) is 1. The van der Waals surface area contributed by atoms with Crippen molar-refractivity contribution in [2.24, 2.45) is 0 Å². The summed E-state index contributed by atoms with van der Waals surface area (Å²) in [4.78, 5) is 3.17. The van der Waals surface area contributed by atoms with Crippen LogP contribution in [0.15, 0.2) is 30.5 Å². The maximum Gasteiger partial charge on any atom is 0.192 e. The second-order valence-electron chi connectivity index (χ2n) is 3.92. The van der Waals surface area contributed by atoms with Crippen molar-refractivity contribution in [3.63, 3.8) is 0 Å². The molecule has 2 heterocycles. The summed E-state index contributed by atoms with van der Waals surface area (Å²) in [5.41, 5.74) is 2.22. The van der Waals surface area contributed by atoms with Gasteiger partial charge in [-0.2, -0.15) is 0 Å². The Morgan fingerprint density at radius 1 is 1.20 bits per heavy atom. The Morgan fingerprint density at radius 2 is 2.00 bits per heavy atom. The molecule has 0 unspecified atom stereocenters. The van der Waals surface area contributed by atoms with Crippen LogP contribution in [0.4, 0.5) is 0 Å². The van der Waals surface area contributed by atoms with Crippen LogP contribution in [0.25, 0.3) is 10.9 Å². The van der Waals surface area contributed by atoms with Crippen LogP contribution in [-0.4, -0.2) is 18.2 Å². The summed E-state index contributed by atoms with van der Waals surface area (Å²) in [5, 5.41) is 1.19. The number of benzene rings is 1. The third-order valence-electron chi connectivity index (χ3n) is 2.92. The highest BCUT2D eigenvalue weighted by Gasteiger charge is 2.33. The summed E-state index contributed by atoms with van der Waals surface area (Å²) in [6.45, 7) is 3.30. The van der Waals surface area contributed by atoms with Gasteiger partial charge in [-0.05, 0) is 30.5 Å². The molecular weight excluding hydrogens is 190 g/mol. The monoisotopic (exact) mass is 203 g/mol. The van der Waals surface area contributed by atoms with Crippen LogP contribution in [0.5, 0.6) is 0 Å². The van der Waals surface area contributed by atoms with Gasteiger partial charge in [0, 0.05) is 17.3 Å². The largest absolute Gasteiger partial charge is 0.361 e. The summed E-state index contributed by atoms with van der Waals surface area (Å²) in [5.74, 6) is -0.564. The molecule has 0 radical (unpaired) electrons. The molecule has 0 atom stereocenters. The van der Waals surface area contributed by atoms with Gasteiger partial charge in [0.1, 0.15) is 0 Å². The normalized spacial score (nSPS) is 19.8. The van der Waals surface area contributed by atoms with Crippen molar-refractivity contribution in [2.75, 3.05) is 13.2 Å². The Bertz CT molecular complexity index is 483. The van der Waals surface area contributed by atoms with E-state index in [-0.39, 0.29) is 0 Å². The molecule has 1 fully saturated rings. The lowest BCUT2D eigenvalue weighted by atomic mass is 10.1. The van der Waals surface area contributed by atoms with E-state index in [9.17, 15) is 0 Å². The Labute approximate surface area is 88.0 Å². The van der Waals surface area contributed by atoms with Gasteiger partial charge in [0.05, 0.1) is 13.2 Å². The highest BCUT2D eigenvalue weighted by Crippen LogP contribution is 2.32. The van der Waals surface area contributed by atoms with Crippen molar-refractivity contribution in [2.45, 2.75) is 12.7 Å². The molecule has 1 saturated heterocycles. The first-order chi connectivity index (χ1) is 7.28. The molecule has 1 aliphatic rings. The van der Waals surface area contributed by atoms with Crippen LogP contribution in [0.3, 0.4) is 0 Å². The van der Waals surface area contributed by atoms with Gasteiger partial charge < -0.3 is 14.5 Å². The molecule has 3 rings (SSSR count). The fraction of sp³-hybridized carbons (Fsp3) is 0.333. The van der Waals surface area contributed by atoms with Gasteiger partial charge in [0.15, 0.2) is 5.79 Å². The van der Waals surface area contributed by atoms with Crippen molar-refractivity contribution in [1.82, 2.24) is 4.98 Å². The van der Waals surface area contributed by atoms with E-state index in [0.29, 0.717) is 13.2 Å². The summed E-state index contributed by atoms with van der Waals surface area (Å²) in [6.07, 6.45) is 1.94. The van der Waals surface area contributed by atoms with Crippen LogP contribution in [0, 0.1) is 0 Å². The molecule has 2 aromatic rings. The van der Waals surface area contributed by atoms with Gasteiger partial charge >= 0.3 is 0 Å². The highest BCUT2D eigenvalue weighted by atomic mass is 16.7. The molecule has 0 saturated carbocycles. The topological polar surface area (TPSA) is 34.2 Å². The maximum absolute atomic E-state index is 5.62. The molecule has 1 aromatic heterocycles. The summed E-state index contributed by atoms with van der Waals surface area (Å²) in [7, 11) is 0. The van der Waals surface area contributed by atoms with Crippen LogP contribution in [-0.2, 0) is 15.3 Å². The predicted molar refractivity (Wildman–Crippen MR) is 57.6 cm³/mol. The Morgan fingerprint density at radius 3 is 2.80 bits per heavy atom. The van der Waals surface area contributed by atoms with Crippen LogP contribution in [0.1, 0.15) is 12.5 Å². The van der Waals surface area contributed by atoms with Gasteiger partial charge in [-0.25, -0.2) is 0 Å². The lowest BCUT2D eigenvalue weighted by Crippen LogP contribution is -2.22. The van der Waals surface area contributed by atoms with Gasteiger partial charge in [-0.1, -0.05) is 6.07 Å².